The van der Waals surface area contributed by atoms with E-state index in [9.17, 15) is 15.3 Å². The predicted molar refractivity (Wildman–Crippen MR) is 112 cm³/mol. The van der Waals surface area contributed by atoms with E-state index >= 15 is 0 Å². The van der Waals surface area contributed by atoms with Crippen molar-refractivity contribution in [3.63, 3.8) is 0 Å². The second-order valence-electron chi connectivity index (χ2n) is 8.60. The Morgan fingerprint density at radius 1 is 1.11 bits per heavy atom. The molecule has 3 N–H and O–H groups in total. The fraction of sp³-hybridized carbons (Fsp3) is 0.524. The van der Waals surface area contributed by atoms with Gasteiger partial charge < -0.3 is 15.3 Å². The van der Waals surface area contributed by atoms with Crippen molar-refractivity contribution in [2.24, 2.45) is 15.5 Å². The van der Waals surface area contributed by atoms with Crippen LogP contribution in [-0.4, -0.2) is 32.3 Å². The minimum atomic E-state index is -0.540. The number of benzene rings is 1. The number of aromatic nitrogens is 1. The van der Waals surface area contributed by atoms with E-state index in [1.54, 1.807) is 11.3 Å². The average Bonchev–Trinajstić information content (AvgIpc) is 2.99. The topological polar surface area (TPSA) is 90.3 Å². The summed E-state index contributed by atoms with van der Waals surface area (Å²) in [5, 5.41) is 36.0. The lowest BCUT2D eigenvalue weighted by molar-refractivity contribution is 0.367. The number of hydrogen-bond acceptors (Lipinski definition) is 6. The standard InChI is InChI=1S/C21H29N3O3S/c1-21(2,3)11-16-13-28-20(23-15-7-5-4-6-8-15)24(16)22-12-14-9-10-17(25)19(27)18(14)26/h9-10,12-13,15,25-27H,4-8,11H2,1-3H3/b22-12+,23-20-. The van der Waals surface area contributed by atoms with Gasteiger partial charge in [-0.2, -0.15) is 5.10 Å². The van der Waals surface area contributed by atoms with Gasteiger partial charge in [-0.05, 0) is 36.8 Å². The lowest BCUT2D eigenvalue weighted by atomic mass is 9.91. The Labute approximate surface area is 169 Å². The van der Waals surface area contributed by atoms with Gasteiger partial charge in [0.15, 0.2) is 11.5 Å². The van der Waals surface area contributed by atoms with Gasteiger partial charge in [0, 0.05) is 10.9 Å². The van der Waals surface area contributed by atoms with Gasteiger partial charge in [0.05, 0.1) is 18.0 Å². The molecule has 0 bridgehead atoms. The maximum absolute atomic E-state index is 10.1. The number of aromatic hydroxyl groups is 3. The molecule has 3 rings (SSSR count). The van der Waals surface area contributed by atoms with Crippen LogP contribution in [0.4, 0.5) is 0 Å². The number of thiazole rings is 1. The largest absolute Gasteiger partial charge is 0.504 e. The van der Waals surface area contributed by atoms with Gasteiger partial charge in [-0.25, -0.2) is 4.68 Å². The number of rotatable bonds is 4. The third-order valence-corrected chi connectivity index (χ3v) is 5.69. The molecule has 1 aromatic carbocycles. The first-order valence-corrected chi connectivity index (χ1v) is 10.6. The Morgan fingerprint density at radius 2 is 1.82 bits per heavy atom. The zero-order valence-electron chi connectivity index (χ0n) is 16.7. The second kappa shape index (κ2) is 8.39. The van der Waals surface area contributed by atoms with Crippen molar-refractivity contribution in [3.05, 3.63) is 33.6 Å². The SMILES string of the molecule is CC(C)(C)Cc1cs/c(=N\C2CCCCC2)n1/N=C/c1ccc(O)c(O)c1O. The first kappa shape index (κ1) is 20.5. The highest BCUT2D eigenvalue weighted by Crippen LogP contribution is 2.36. The van der Waals surface area contributed by atoms with E-state index in [1.807, 2.05) is 4.68 Å². The van der Waals surface area contributed by atoms with Crippen LogP contribution in [0.3, 0.4) is 0 Å². The van der Waals surface area contributed by atoms with Crippen molar-refractivity contribution in [2.45, 2.75) is 65.3 Å². The zero-order valence-corrected chi connectivity index (χ0v) is 17.5. The van der Waals surface area contributed by atoms with Crippen molar-refractivity contribution >= 4 is 17.6 Å². The van der Waals surface area contributed by atoms with Gasteiger partial charge in [-0.3, -0.25) is 4.99 Å². The van der Waals surface area contributed by atoms with Gasteiger partial charge in [0.1, 0.15) is 0 Å². The summed E-state index contributed by atoms with van der Waals surface area (Å²) in [6, 6.07) is 3.18. The van der Waals surface area contributed by atoms with E-state index in [2.05, 4.69) is 31.3 Å². The Balaban J connectivity index is 2.00. The van der Waals surface area contributed by atoms with Gasteiger partial charge in [0.25, 0.3) is 0 Å². The summed E-state index contributed by atoms with van der Waals surface area (Å²) in [7, 11) is 0. The summed E-state index contributed by atoms with van der Waals surface area (Å²) in [6.07, 6.45) is 8.29. The molecule has 1 fully saturated rings. The molecule has 0 aliphatic heterocycles. The summed E-state index contributed by atoms with van der Waals surface area (Å²) in [5.41, 5.74) is 1.49. The molecule has 0 unspecified atom stereocenters. The first-order valence-electron chi connectivity index (χ1n) is 9.76. The molecule has 1 aromatic heterocycles. The average molecular weight is 404 g/mol. The Hall–Kier alpha value is -2.28. The monoisotopic (exact) mass is 403 g/mol. The van der Waals surface area contributed by atoms with Crippen LogP contribution in [0.5, 0.6) is 17.2 Å². The summed E-state index contributed by atoms with van der Waals surface area (Å²) >= 11 is 1.59. The number of phenols is 3. The van der Waals surface area contributed by atoms with Crippen LogP contribution < -0.4 is 4.80 Å². The summed E-state index contributed by atoms with van der Waals surface area (Å²) < 4.78 is 1.84. The Morgan fingerprint density at radius 3 is 2.50 bits per heavy atom. The van der Waals surface area contributed by atoms with Crippen LogP contribution in [0.25, 0.3) is 0 Å². The molecule has 0 amide bonds. The molecule has 1 saturated carbocycles. The normalized spacial score (nSPS) is 16.9. The van der Waals surface area contributed by atoms with E-state index in [1.165, 1.54) is 37.6 Å². The second-order valence-corrected chi connectivity index (χ2v) is 9.43. The predicted octanol–water partition coefficient (Wildman–Crippen LogP) is 4.37. The van der Waals surface area contributed by atoms with Crippen LogP contribution in [0.2, 0.25) is 0 Å². The van der Waals surface area contributed by atoms with Crippen molar-refractivity contribution in [3.8, 4) is 17.2 Å². The van der Waals surface area contributed by atoms with E-state index in [0.717, 1.165) is 29.8 Å². The van der Waals surface area contributed by atoms with E-state index < -0.39 is 5.75 Å². The molecule has 1 aliphatic rings. The minimum Gasteiger partial charge on any atom is -0.504 e. The molecular formula is C21H29N3O3S. The third-order valence-electron chi connectivity index (χ3n) is 4.81. The molecule has 1 aliphatic carbocycles. The molecular weight excluding hydrogens is 374 g/mol. The summed E-state index contributed by atoms with van der Waals surface area (Å²) in [4.78, 5) is 5.80. The van der Waals surface area contributed by atoms with Crippen LogP contribution in [0.15, 0.2) is 27.6 Å². The van der Waals surface area contributed by atoms with Crippen LogP contribution in [0.1, 0.15) is 64.1 Å². The van der Waals surface area contributed by atoms with Gasteiger partial charge in [0.2, 0.25) is 10.6 Å². The highest BCUT2D eigenvalue weighted by molar-refractivity contribution is 7.07. The number of nitrogens with zero attached hydrogens (tertiary/aromatic N) is 3. The van der Waals surface area contributed by atoms with Crippen LogP contribution >= 0.6 is 11.3 Å². The molecule has 0 radical (unpaired) electrons. The Kier molecular flexibility index (Phi) is 6.13. The minimum absolute atomic E-state index is 0.0966. The highest BCUT2D eigenvalue weighted by atomic mass is 32.1. The lowest BCUT2D eigenvalue weighted by Crippen LogP contribution is -2.21. The molecule has 0 spiro atoms. The molecule has 28 heavy (non-hydrogen) atoms. The molecule has 1 heterocycles. The van der Waals surface area contributed by atoms with Gasteiger partial charge in [-0.15, -0.1) is 11.3 Å². The van der Waals surface area contributed by atoms with Gasteiger partial charge in [-0.1, -0.05) is 40.0 Å². The summed E-state index contributed by atoms with van der Waals surface area (Å²) in [5.74, 6) is -1.29. The van der Waals surface area contributed by atoms with E-state index in [4.69, 9.17) is 4.99 Å². The molecule has 2 aromatic rings. The fourth-order valence-electron chi connectivity index (χ4n) is 3.39. The maximum Gasteiger partial charge on any atom is 0.206 e. The van der Waals surface area contributed by atoms with Crippen molar-refractivity contribution in [1.82, 2.24) is 4.68 Å². The van der Waals surface area contributed by atoms with Gasteiger partial charge >= 0.3 is 0 Å². The number of phenolic OH excluding ortho intramolecular Hbond substituents is 3. The molecule has 0 saturated heterocycles. The van der Waals surface area contributed by atoms with Crippen LogP contribution in [0, 0.1) is 5.41 Å². The molecule has 152 valence electrons. The zero-order chi connectivity index (χ0) is 20.3. The fourth-order valence-corrected chi connectivity index (χ4v) is 4.29. The third kappa shape index (κ3) is 4.95. The van der Waals surface area contributed by atoms with Crippen molar-refractivity contribution in [2.75, 3.05) is 0 Å². The van der Waals surface area contributed by atoms with Crippen molar-refractivity contribution in [1.29, 1.82) is 0 Å². The summed E-state index contributed by atoms with van der Waals surface area (Å²) in [6.45, 7) is 6.54. The van der Waals surface area contributed by atoms with Crippen molar-refractivity contribution < 1.29 is 15.3 Å². The van der Waals surface area contributed by atoms with E-state index in [0.29, 0.717) is 11.6 Å². The molecule has 0 atom stereocenters. The number of hydrogen-bond donors (Lipinski definition) is 3. The molecule has 7 heteroatoms. The van der Waals surface area contributed by atoms with Crippen LogP contribution in [-0.2, 0) is 6.42 Å². The quantitative estimate of drug-likeness (QED) is 0.523. The molecule has 6 nitrogen and oxygen atoms in total. The Bertz CT molecular complexity index is 916. The maximum atomic E-state index is 10.1. The smallest absolute Gasteiger partial charge is 0.206 e. The highest BCUT2D eigenvalue weighted by Gasteiger charge is 2.17. The lowest BCUT2D eigenvalue weighted by Gasteiger charge is -2.18. The first-order chi connectivity index (χ1) is 13.2. The van der Waals surface area contributed by atoms with E-state index in [-0.39, 0.29) is 16.9 Å².